The zero-order chi connectivity index (χ0) is 21.6. The maximum absolute atomic E-state index is 12.1. The number of carbonyl (C=O) groups is 1. The molecule has 2 aromatic carbocycles. The summed E-state index contributed by atoms with van der Waals surface area (Å²) < 4.78 is 5.43. The van der Waals surface area contributed by atoms with E-state index in [9.17, 15) is 4.79 Å². The van der Waals surface area contributed by atoms with Crippen molar-refractivity contribution < 1.29 is 9.32 Å². The molecule has 0 saturated heterocycles. The van der Waals surface area contributed by atoms with Gasteiger partial charge in [0.1, 0.15) is 0 Å². The fourth-order valence-electron chi connectivity index (χ4n) is 3.50. The highest BCUT2D eigenvalue weighted by molar-refractivity contribution is 5.94. The topological polar surface area (TPSA) is 87.0 Å². The van der Waals surface area contributed by atoms with Gasteiger partial charge < -0.3 is 19.7 Å². The lowest BCUT2D eigenvalue weighted by Crippen LogP contribution is -2.25. The molecule has 1 amide bonds. The van der Waals surface area contributed by atoms with Crippen LogP contribution in [0.3, 0.4) is 0 Å². The molecule has 160 valence electrons. The van der Waals surface area contributed by atoms with E-state index in [-0.39, 0.29) is 5.91 Å². The molecule has 2 N–H and O–H groups in total. The van der Waals surface area contributed by atoms with E-state index in [0.717, 1.165) is 24.0 Å². The minimum Gasteiger partial charge on any atom is -0.361 e. The molecule has 0 saturated carbocycles. The predicted octanol–water partition coefficient (Wildman–Crippen LogP) is 3.22. The van der Waals surface area contributed by atoms with Crippen molar-refractivity contribution in [3.05, 3.63) is 83.1 Å². The number of hydrogen-bond donors (Lipinski definition) is 2. The fourth-order valence-corrected chi connectivity index (χ4v) is 3.50. The molecule has 0 fully saturated rings. The molecule has 0 aliphatic carbocycles. The number of aromatic nitrogens is 3. The second-order valence-electron chi connectivity index (χ2n) is 7.90. The zero-order valence-electron chi connectivity index (χ0n) is 17.9. The van der Waals surface area contributed by atoms with Gasteiger partial charge in [-0.3, -0.25) is 4.79 Å². The predicted molar refractivity (Wildman–Crippen MR) is 120 cm³/mol. The summed E-state index contributed by atoms with van der Waals surface area (Å²) in [5, 5.41) is 8.17. The van der Waals surface area contributed by atoms with E-state index < -0.39 is 0 Å². The number of rotatable bonds is 9. The average Bonchev–Trinajstić information content (AvgIpc) is 3.39. The van der Waals surface area contributed by atoms with Crippen molar-refractivity contribution in [1.82, 2.24) is 25.3 Å². The van der Waals surface area contributed by atoms with E-state index >= 15 is 0 Å². The summed E-state index contributed by atoms with van der Waals surface area (Å²) in [6, 6.07) is 15.5. The second kappa shape index (κ2) is 9.57. The first-order valence-corrected chi connectivity index (χ1v) is 10.5. The Balaban J connectivity index is 1.34. The fraction of sp³-hybridized carbons (Fsp3) is 0.292. The number of nitrogens with zero attached hydrogens (tertiary/aromatic N) is 3. The van der Waals surface area contributed by atoms with Gasteiger partial charge in [0.2, 0.25) is 5.89 Å². The van der Waals surface area contributed by atoms with Gasteiger partial charge in [-0.1, -0.05) is 29.4 Å². The summed E-state index contributed by atoms with van der Waals surface area (Å²) in [6.07, 6.45) is 4.19. The molecule has 0 radical (unpaired) electrons. The Morgan fingerprint density at radius 1 is 1.13 bits per heavy atom. The third kappa shape index (κ3) is 5.38. The van der Waals surface area contributed by atoms with Gasteiger partial charge in [0.15, 0.2) is 5.82 Å². The molecular formula is C24H27N5O2. The summed E-state index contributed by atoms with van der Waals surface area (Å²) in [4.78, 5) is 22.1. The van der Waals surface area contributed by atoms with Crippen LogP contribution in [0.2, 0.25) is 0 Å². The van der Waals surface area contributed by atoms with Gasteiger partial charge in [-0.05, 0) is 55.9 Å². The lowest BCUT2D eigenvalue weighted by atomic mass is 10.1. The van der Waals surface area contributed by atoms with E-state index in [1.807, 2.05) is 18.2 Å². The molecule has 2 aromatic heterocycles. The average molecular weight is 418 g/mol. The number of nitrogens with one attached hydrogen (secondary N) is 2. The van der Waals surface area contributed by atoms with Crippen molar-refractivity contribution in [2.24, 2.45) is 0 Å². The van der Waals surface area contributed by atoms with Gasteiger partial charge in [0.25, 0.3) is 5.91 Å². The Morgan fingerprint density at radius 3 is 2.77 bits per heavy atom. The van der Waals surface area contributed by atoms with Gasteiger partial charge in [-0.25, -0.2) is 0 Å². The first-order chi connectivity index (χ1) is 15.1. The number of aromatic amines is 1. The maximum atomic E-state index is 12.1. The molecule has 4 aromatic rings. The van der Waals surface area contributed by atoms with Crippen LogP contribution in [0.5, 0.6) is 0 Å². The first kappa shape index (κ1) is 20.8. The molecule has 7 heteroatoms. The van der Waals surface area contributed by atoms with Crippen LogP contribution in [0.15, 0.2) is 59.3 Å². The Bertz CT molecular complexity index is 1150. The molecule has 4 rings (SSSR count). The minimum atomic E-state index is -0.103. The Labute approximate surface area is 181 Å². The largest absolute Gasteiger partial charge is 0.361 e. The SMILES string of the molecule is CN(C)CCc1c[nH]c2ccc(Cc3nc(CCNC(=O)c4ccccc4)no3)cc12. The number of benzene rings is 2. The third-order valence-electron chi connectivity index (χ3n) is 5.20. The van der Waals surface area contributed by atoms with Crippen molar-refractivity contribution in [2.75, 3.05) is 27.2 Å². The lowest BCUT2D eigenvalue weighted by Gasteiger charge is -2.08. The van der Waals surface area contributed by atoms with Crippen LogP contribution in [-0.4, -0.2) is 53.1 Å². The molecule has 0 unspecified atom stereocenters. The number of H-pyrrole nitrogens is 1. The molecule has 7 nitrogen and oxygen atoms in total. The first-order valence-electron chi connectivity index (χ1n) is 10.5. The van der Waals surface area contributed by atoms with Gasteiger partial charge >= 0.3 is 0 Å². The highest BCUT2D eigenvalue weighted by atomic mass is 16.5. The van der Waals surface area contributed by atoms with E-state index in [4.69, 9.17) is 4.52 Å². The van der Waals surface area contributed by atoms with Crippen LogP contribution in [-0.2, 0) is 19.3 Å². The summed E-state index contributed by atoms with van der Waals surface area (Å²) in [5.74, 6) is 1.07. The van der Waals surface area contributed by atoms with Gasteiger partial charge in [0.05, 0.1) is 6.42 Å². The number of fused-ring (bicyclic) bond motifs is 1. The molecule has 0 atom stereocenters. The smallest absolute Gasteiger partial charge is 0.251 e. The number of carbonyl (C=O) groups excluding carboxylic acids is 1. The highest BCUT2D eigenvalue weighted by Gasteiger charge is 2.11. The Kier molecular flexibility index (Phi) is 6.43. The van der Waals surface area contributed by atoms with Gasteiger partial charge in [0, 0.05) is 42.2 Å². The van der Waals surface area contributed by atoms with Gasteiger partial charge in [-0.15, -0.1) is 0 Å². The molecule has 0 spiro atoms. The quantitative estimate of drug-likeness (QED) is 0.437. The number of likely N-dealkylation sites (N-methyl/N-ethyl adjacent to an activating group) is 1. The Hall–Kier alpha value is -3.45. The van der Waals surface area contributed by atoms with E-state index in [1.165, 1.54) is 10.9 Å². The normalized spacial score (nSPS) is 11.3. The summed E-state index contributed by atoms with van der Waals surface area (Å²) >= 11 is 0. The summed E-state index contributed by atoms with van der Waals surface area (Å²) in [5.41, 5.74) is 4.22. The van der Waals surface area contributed by atoms with E-state index in [0.29, 0.717) is 36.7 Å². The second-order valence-corrected chi connectivity index (χ2v) is 7.90. The molecule has 2 heterocycles. The van der Waals surface area contributed by atoms with Crippen LogP contribution in [0.1, 0.15) is 33.2 Å². The summed E-state index contributed by atoms with van der Waals surface area (Å²) in [7, 11) is 4.17. The van der Waals surface area contributed by atoms with Crippen molar-refractivity contribution in [3.8, 4) is 0 Å². The van der Waals surface area contributed by atoms with Gasteiger partial charge in [-0.2, -0.15) is 4.98 Å². The van der Waals surface area contributed by atoms with Crippen LogP contribution < -0.4 is 5.32 Å². The molecule has 31 heavy (non-hydrogen) atoms. The standard InChI is InChI=1S/C24H27N5O2/c1-29(2)13-11-19-16-26-21-9-8-17(14-20(19)21)15-23-27-22(28-31-23)10-12-25-24(30)18-6-4-3-5-7-18/h3-9,14,16,26H,10-13,15H2,1-2H3,(H,25,30). The van der Waals surface area contributed by atoms with Crippen LogP contribution in [0.4, 0.5) is 0 Å². The Morgan fingerprint density at radius 2 is 1.97 bits per heavy atom. The van der Waals surface area contributed by atoms with Crippen molar-refractivity contribution in [3.63, 3.8) is 0 Å². The number of hydrogen-bond acceptors (Lipinski definition) is 5. The monoisotopic (exact) mass is 417 g/mol. The van der Waals surface area contributed by atoms with Crippen molar-refractivity contribution in [1.29, 1.82) is 0 Å². The molecule has 0 bridgehead atoms. The summed E-state index contributed by atoms with van der Waals surface area (Å²) in [6.45, 7) is 1.46. The van der Waals surface area contributed by atoms with E-state index in [2.05, 4.69) is 63.8 Å². The molecule has 0 aliphatic heterocycles. The van der Waals surface area contributed by atoms with Crippen molar-refractivity contribution >= 4 is 16.8 Å². The zero-order valence-corrected chi connectivity index (χ0v) is 17.9. The minimum absolute atomic E-state index is 0.103. The van der Waals surface area contributed by atoms with Crippen molar-refractivity contribution in [2.45, 2.75) is 19.3 Å². The molecular weight excluding hydrogens is 390 g/mol. The molecule has 0 aliphatic rings. The highest BCUT2D eigenvalue weighted by Crippen LogP contribution is 2.22. The van der Waals surface area contributed by atoms with Crippen LogP contribution in [0, 0.1) is 0 Å². The maximum Gasteiger partial charge on any atom is 0.251 e. The number of amides is 1. The third-order valence-corrected chi connectivity index (χ3v) is 5.20. The van der Waals surface area contributed by atoms with E-state index in [1.54, 1.807) is 12.1 Å². The van der Waals surface area contributed by atoms with Crippen LogP contribution >= 0.6 is 0 Å². The van der Waals surface area contributed by atoms with Crippen LogP contribution in [0.25, 0.3) is 10.9 Å². The lowest BCUT2D eigenvalue weighted by molar-refractivity contribution is 0.0954.